The lowest BCUT2D eigenvalue weighted by atomic mass is 10.3. The van der Waals surface area contributed by atoms with Crippen molar-refractivity contribution < 1.29 is 14.2 Å². The highest BCUT2D eigenvalue weighted by Gasteiger charge is 2.12. The molecule has 1 aliphatic heterocycles. The van der Waals surface area contributed by atoms with Crippen LogP contribution in [0, 0.1) is 0 Å². The third-order valence-corrected chi connectivity index (χ3v) is 1.96. The maximum Gasteiger partial charge on any atom is 0.0933 e. The molecular weight excluding hydrogens is 170 g/mol. The summed E-state index contributed by atoms with van der Waals surface area (Å²) in [6, 6.07) is 0. The van der Waals surface area contributed by atoms with Gasteiger partial charge in [-0.3, -0.25) is 0 Å². The third kappa shape index (κ3) is 5.21. The van der Waals surface area contributed by atoms with Crippen molar-refractivity contribution in [1.29, 1.82) is 0 Å². The van der Waals surface area contributed by atoms with Gasteiger partial charge >= 0.3 is 0 Å². The van der Waals surface area contributed by atoms with Crippen molar-refractivity contribution in [2.75, 3.05) is 46.6 Å². The Morgan fingerprint density at radius 2 is 2.38 bits per heavy atom. The van der Waals surface area contributed by atoms with E-state index in [1.807, 2.05) is 0 Å². The fraction of sp³-hybridized carbons (Fsp3) is 1.00. The Morgan fingerprint density at radius 1 is 1.46 bits per heavy atom. The lowest BCUT2D eigenvalue weighted by Crippen LogP contribution is -2.37. The van der Waals surface area contributed by atoms with Gasteiger partial charge in [0, 0.05) is 20.3 Å². The molecule has 0 amide bonds. The molecule has 1 atom stereocenters. The van der Waals surface area contributed by atoms with E-state index in [2.05, 4.69) is 5.32 Å². The molecule has 13 heavy (non-hydrogen) atoms. The molecule has 1 fully saturated rings. The highest BCUT2D eigenvalue weighted by Crippen LogP contribution is 1.98. The van der Waals surface area contributed by atoms with Crippen molar-refractivity contribution >= 4 is 0 Å². The molecule has 0 saturated carbocycles. The summed E-state index contributed by atoms with van der Waals surface area (Å²) < 4.78 is 15.7. The van der Waals surface area contributed by atoms with Gasteiger partial charge < -0.3 is 19.5 Å². The van der Waals surface area contributed by atoms with Gasteiger partial charge in [0.15, 0.2) is 0 Å². The lowest BCUT2D eigenvalue weighted by Gasteiger charge is -2.23. The van der Waals surface area contributed by atoms with Gasteiger partial charge in [-0.05, 0) is 13.0 Å². The molecule has 0 aromatic rings. The van der Waals surface area contributed by atoms with Gasteiger partial charge in [-0.2, -0.15) is 0 Å². The molecular formula is C9H19NO3. The number of rotatable bonds is 6. The summed E-state index contributed by atoms with van der Waals surface area (Å²) in [6.07, 6.45) is 1.28. The number of hydrogen-bond donors (Lipinski definition) is 1. The summed E-state index contributed by atoms with van der Waals surface area (Å²) in [7, 11) is 1.72. The van der Waals surface area contributed by atoms with Crippen LogP contribution in [0.1, 0.15) is 6.42 Å². The summed E-state index contributed by atoms with van der Waals surface area (Å²) >= 11 is 0. The van der Waals surface area contributed by atoms with E-state index < -0.39 is 0 Å². The van der Waals surface area contributed by atoms with E-state index in [1.165, 1.54) is 0 Å². The minimum absolute atomic E-state index is 0.233. The minimum atomic E-state index is 0.233. The van der Waals surface area contributed by atoms with E-state index >= 15 is 0 Å². The molecule has 0 spiro atoms. The minimum Gasteiger partial charge on any atom is -0.385 e. The molecule has 0 bridgehead atoms. The topological polar surface area (TPSA) is 39.7 Å². The van der Waals surface area contributed by atoms with E-state index in [9.17, 15) is 0 Å². The molecule has 0 aromatic heterocycles. The van der Waals surface area contributed by atoms with E-state index in [-0.39, 0.29) is 6.10 Å². The zero-order valence-electron chi connectivity index (χ0n) is 8.25. The average molecular weight is 189 g/mol. The molecule has 0 radical (unpaired) electrons. The Bertz CT molecular complexity index is 115. The first-order valence-electron chi connectivity index (χ1n) is 4.82. The second kappa shape index (κ2) is 7.26. The van der Waals surface area contributed by atoms with Crippen LogP contribution in [-0.2, 0) is 14.2 Å². The van der Waals surface area contributed by atoms with Crippen LogP contribution >= 0.6 is 0 Å². The second-order valence-electron chi connectivity index (χ2n) is 3.12. The standard InChI is InChI=1S/C9H19NO3/c1-11-4-2-3-10-7-9-8-12-5-6-13-9/h9-10H,2-8H2,1H3. The van der Waals surface area contributed by atoms with Crippen LogP contribution in [0.2, 0.25) is 0 Å². The molecule has 0 aromatic carbocycles. The van der Waals surface area contributed by atoms with Gasteiger partial charge in [-0.25, -0.2) is 0 Å². The van der Waals surface area contributed by atoms with Crippen molar-refractivity contribution in [1.82, 2.24) is 5.32 Å². The average Bonchev–Trinajstić information content (AvgIpc) is 2.19. The summed E-state index contributed by atoms with van der Waals surface area (Å²) in [4.78, 5) is 0. The molecule has 4 heteroatoms. The van der Waals surface area contributed by atoms with Crippen LogP contribution in [0.3, 0.4) is 0 Å². The summed E-state index contributed by atoms with van der Waals surface area (Å²) in [5, 5.41) is 3.30. The van der Waals surface area contributed by atoms with Gasteiger partial charge in [0.25, 0.3) is 0 Å². The van der Waals surface area contributed by atoms with Crippen LogP contribution < -0.4 is 5.32 Å². The van der Waals surface area contributed by atoms with E-state index in [4.69, 9.17) is 14.2 Å². The maximum atomic E-state index is 5.47. The van der Waals surface area contributed by atoms with Gasteiger partial charge in [0.2, 0.25) is 0 Å². The fourth-order valence-corrected chi connectivity index (χ4v) is 1.26. The normalized spacial score (nSPS) is 23.3. The van der Waals surface area contributed by atoms with Crippen molar-refractivity contribution in [2.24, 2.45) is 0 Å². The summed E-state index contributed by atoms with van der Waals surface area (Å²) in [5.74, 6) is 0. The Kier molecular flexibility index (Phi) is 6.10. The quantitative estimate of drug-likeness (QED) is 0.598. The fourth-order valence-electron chi connectivity index (χ4n) is 1.26. The Morgan fingerprint density at radius 3 is 3.08 bits per heavy atom. The number of nitrogens with one attached hydrogen (secondary N) is 1. The molecule has 1 rings (SSSR count). The number of hydrogen-bond acceptors (Lipinski definition) is 4. The number of methoxy groups -OCH3 is 1. The van der Waals surface area contributed by atoms with E-state index in [0.717, 1.165) is 45.9 Å². The zero-order chi connectivity index (χ0) is 9.36. The van der Waals surface area contributed by atoms with E-state index in [1.54, 1.807) is 7.11 Å². The van der Waals surface area contributed by atoms with Crippen LogP contribution in [0.4, 0.5) is 0 Å². The maximum absolute atomic E-state index is 5.47. The molecule has 1 saturated heterocycles. The zero-order valence-corrected chi connectivity index (χ0v) is 8.25. The van der Waals surface area contributed by atoms with Crippen LogP contribution in [-0.4, -0.2) is 52.7 Å². The Labute approximate surface area is 79.5 Å². The summed E-state index contributed by atoms with van der Waals surface area (Å²) in [5.41, 5.74) is 0. The largest absolute Gasteiger partial charge is 0.385 e. The van der Waals surface area contributed by atoms with Crippen molar-refractivity contribution in [2.45, 2.75) is 12.5 Å². The monoisotopic (exact) mass is 189 g/mol. The molecule has 78 valence electrons. The van der Waals surface area contributed by atoms with Crippen LogP contribution in [0.25, 0.3) is 0 Å². The molecule has 1 aliphatic rings. The smallest absolute Gasteiger partial charge is 0.0933 e. The molecule has 1 heterocycles. The van der Waals surface area contributed by atoms with E-state index in [0.29, 0.717) is 0 Å². The molecule has 4 nitrogen and oxygen atoms in total. The summed E-state index contributed by atoms with van der Waals surface area (Å²) in [6.45, 7) is 4.86. The first-order valence-corrected chi connectivity index (χ1v) is 4.82. The molecule has 1 N–H and O–H groups in total. The van der Waals surface area contributed by atoms with Gasteiger partial charge in [0.05, 0.1) is 25.9 Å². The lowest BCUT2D eigenvalue weighted by molar-refractivity contribution is -0.0863. The van der Waals surface area contributed by atoms with Crippen molar-refractivity contribution in [3.8, 4) is 0 Å². The molecule has 1 unspecified atom stereocenters. The predicted octanol–water partition coefficient (Wildman–Crippen LogP) is 0.0279. The Hall–Kier alpha value is -0.160. The van der Waals surface area contributed by atoms with Crippen molar-refractivity contribution in [3.05, 3.63) is 0 Å². The third-order valence-electron chi connectivity index (χ3n) is 1.96. The Balaban J connectivity index is 1.86. The van der Waals surface area contributed by atoms with Gasteiger partial charge in [-0.15, -0.1) is 0 Å². The van der Waals surface area contributed by atoms with Crippen LogP contribution in [0.5, 0.6) is 0 Å². The van der Waals surface area contributed by atoms with Gasteiger partial charge in [0.1, 0.15) is 0 Å². The predicted molar refractivity (Wildman–Crippen MR) is 49.9 cm³/mol. The van der Waals surface area contributed by atoms with Crippen molar-refractivity contribution in [3.63, 3.8) is 0 Å². The molecule has 0 aliphatic carbocycles. The first-order chi connectivity index (χ1) is 6.43. The highest BCUT2D eigenvalue weighted by molar-refractivity contribution is 4.63. The number of ether oxygens (including phenoxy) is 3. The first kappa shape index (κ1) is 10.9. The van der Waals surface area contributed by atoms with Gasteiger partial charge in [-0.1, -0.05) is 0 Å². The van der Waals surface area contributed by atoms with Crippen LogP contribution in [0.15, 0.2) is 0 Å². The second-order valence-corrected chi connectivity index (χ2v) is 3.12. The highest BCUT2D eigenvalue weighted by atomic mass is 16.6. The SMILES string of the molecule is COCCCNCC1COCCO1.